The Bertz CT molecular complexity index is 3040. The molecule has 0 unspecified atom stereocenters. The Hall–Kier alpha value is -6.24. The molecule has 0 aromatic heterocycles. The van der Waals surface area contributed by atoms with Crippen molar-refractivity contribution in [2.75, 3.05) is 0 Å². The third-order valence-electron chi connectivity index (χ3n) is 10.8. The van der Waals surface area contributed by atoms with Crippen LogP contribution in [0.2, 0.25) is 0 Å². The molecule has 0 saturated heterocycles. The summed E-state index contributed by atoms with van der Waals surface area (Å²) in [6.07, 6.45) is 0. The Morgan fingerprint density at radius 3 is 0.968 bits per heavy atom. The molecule has 0 amide bonds. The second-order valence-corrected chi connectivity index (χ2v) is 13.8. The fourth-order valence-corrected chi connectivity index (χ4v) is 8.09. The fourth-order valence-electron chi connectivity index (χ4n) is 8.09. The van der Waals surface area contributed by atoms with Crippen LogP contribution in [0.5, 0.6) is 0 Å². The van der Waals surface area contributed by atoms with Gasteiger partial charge in [-0.05, 0) is 124 Å². The summed E-state index contributed by atoms with van der Waals surface area (Å²) in [5.41, 5.74) is 4.04. The molecule has 11 aromatic carbocycles. The van der Waals surface area contributed by atoms with Gasteiger partial charge in [-0.1, -0.05) is 259 Å². The molecule has 0 heteroatoms. The minimum absolute atomic E-state index is 1.31. The summed E-state index contributed by atoms with van der Waals surface area (Å²) in [6.45, 7) is 30.5. The lowest BCUT2D eigenvalue weighted by atomic mass is 9.92. The highest BCUT2D eigenvalue weighted by Gasteiger charge is 2.09. The van der Waals surface area contributed by atoms with E-state index >= 15 is 0 Å². The van der Waals surface area contributed by atoms with Crippen LogP contribution < -0.4 is 0 Å². The van der Waals surface area contributed by atoms with Crippen molar-refractivity contribution in [3.63, 3.8) is 0 Å². The lowest BCUT2D eigenvalue weighted by molar-refractivity contribution is 1.50. The number of benzene rings is 11. The normalized spacial score (nSPS) is 9.83. The average Bonchev–Trinajstić information content (AvgIpc) is 3.38. The maximum atomic E-state index is 2.26. The van der Waals surface area contributed by atoms with E-state index in [1.165, 1.54) is 103 Å². The van der Waals surface area contributed by atoms with E-state index in [9.17, 15) is 0 Å². The monoisotopic (exact) mass is 831 g/mol. The van der Waals surface area contributed by atoms with E-state index in [-0.39, 0.29) is 0 Å². The Morgan fingerprint density at radius 2 is 0.444 bits per heavy atom. The zero-order chi connectivity index (χ0) is 46.5. The van der Waals surface area contributed by atoms with Gasteiger partial charge in [0.25, 0.3) is 0 Å². The van der Waals surface area contributed by atoms with Crippen LogP contribution in [-0.4, -0.2) is 0 Å². The van der Waals surface area contributed by atoms with Crippen LogP contribution in [0.25, 0.3) is 86.2 Å². The lowest BCUT2D eigenvalue weighted by Crippen LogP contribution is -1.85. The summed E-state index contributed by atoms with van der Waals surface area (Å²) in [4.78, 5) is 0. The molecule has 0 fully saturated rings. The van der Waals surface area contributed by atoms with Gasteiger partial charge in [-0.25, -0.2) is 0 Å². The Labute approximate surface area is 380 Å². The van der Waals surface area contributed by atoms with Crippen LogP contribution in [0, 0.1) is 20.8 Å². The quantitative estimate of drug-likeness (QED) is 0.134. The second-order valence-electron chi connectivity index (χ2n) is 13.8. The van der Waals surface area contributed by atoms with Gasteiger partial charge in [0, 0.05) is 0 Å². The molecule has 0 spiro atoms. The van der Waals surface area contributed by atoms with E-state index in [4.69, 9.17) is 0 Å². The molecule has 0 aliphatic rings. The van der Waals surface area contributed by atoms with Crippen molar-refractivity contribution in [1.82, 2.24) is 0 Å². The molecule has 0 aliphatic carbocycles. The van der Waals surface area contributed by atoms with Crippen molar-refractivity contribution in [3.8, 4) is 0 Å². The van der Waals surface area contributed by atoms with Gasteiger partial charge in [-0.2, -0.15) is 0 Å². The number of rotatable bonds is 0. The third-order valence-corrected chi connectivity index (χ3v) is 10.8. The minimum Gasteiger partial charge on any atom is -0.0683 e. The van der Waals surface area contributed by atoms with Gasteiger partial charge in [0.2, 0.25) is 0 Å². The highest BCUT2D eigenvalue weighted by atomic mass is 14.1. The molecule has 0 N–H and O–H groups in total. The van der Waals surface area contributed by atoms with E-state index in [2.05, 4.69) is 197 Å². The van der Waals surface area contributed by atoms with Crippen LogP contribution in [0.4, 0.5) is 0 Å². The van der Waals surface area contributed by atoms with Crippen LogP contribution in [0.1, 0.15) is 99.8 Å². The van der Waals surface area contributed by atoms with Gasteiger partial charge < -0.3 is 0 Å². The van der Waals surface area contributed by atoms with Gasteiger partial charge in [-0.15, -0.1) is 0 Å². The Morgan fingerprint density at radius 1 is 0.175 bits per heavy atom. The molecule has 63 heavy (non-hydrogen) atoms. The molecule has 326 valence electrons. The van der Waals surface area contributed by atoms with Gasteiger partial charge in [0.1, 0.15) is 0 Å². The van der Waals surface area contributed by atoms with E-state index in [1.807, 2.05) is 83.1 Å². The molecule has 0 bridgehead atoms. The summed E-state index contributed by atoms with van der Waals surface area (Å²) < 4.78 is 0. The maximum absolute atomic E-state index is 2.26. The summed E-state index contributed by atoms with van der Waals surface area (Å²) in [5.74, 6) is 0. The van der Waals surface area contributed by atoms with Crippen LogP contribution >= 0.6 is 0 Å². The van der Waals surface area contributed by atoms with Gasteiger partial charge in [0.05, 0.1) is 0 Å². The standard InChI is InChI=1S/C19H14.C17H12.C15H12.6C2H6/c1-13-5-4-8-17-15(13)11-12-18-16-7-3-2-6-14(16)9-10-19(17)18;1-11-5-6-14-8-7-12-3-2-4-13-9-10-15(11)17(14)16(12)13;1-11-5-4-8-15-13(11)10-9-12-6-2-3-7-14(12)15;6*1-2/h2-12H,1H3;2-10H,1H3;2-10H,1H3;6*1-2H3. The van der Waals surface area contributed by atoms with Crippen molar-refractivity contribution < 1.29 is 0 Å². The summed E-state index contributed by atoms with van der Waals surface area (Å²) >= 11 is 0. The van der Waals surface area contributed by atoms with Crippen molar-refractivity contribution in [2.45, 2.75) is 104 Å². The zero-order valence-electron chi connectivity index (χ0n) is 41.2. The molecule has 0 atom stereocenters. The molecule has 0 heterocycles. The van der Waals surface area contributed by atoms with E-state index in [0.717, 1.165) is 0 Å². The topological polar surface area (TPSA) is 0 Å². The summed E-state index contributed by atoms with van der Waals surface area (Å²) in [6, 6.07) is 63.5. The van der Waals surface area contributed by atoms with Crippen molar-refractivity contribution in [1.29, 1.82) is 0 Å². The van der Waals surface area contributed by atoms with Gasteiger partial charge in [-0.3, -0.25) is 0 Å². The third kappa shape index (κ3) is 11.2. The molecule has 11 aromatic rings. The molecule has 11 rings (SSSR count). The van der Waals surface area contributed by atoms with Gasteiger partial charge >= 0.3 is 0 Å². The predicted octanol–water partition coefficient (Wildman–Crippen LogP) is 20.8. The molecule has 0 aliphatic heterocycles. The number of hydrogen-bond donors (Lipinski definition) is 0. The molecule has 0 nitrogen and oxygen atoms in total. The van der Waals surface area contributed by atoms with Crippen LogP contribution in [-0.2, 0) is 0 Å². The first-order chi connectivity index (χ1) is 31.0. The minimum atomic E-state index is 1.31. The lowest BCUT2D eigenvalue weighted by Gasteiger charge is -2.11. The first kappa shape index (κ1) is 51.1. The van der Waals surface area contributed by atoms with E-state index in [1.54, 1.807) is 0 Å². The molecular weight excluding hydrogens is 757 g/mol. The van der Waals surface area contributed by atoms with Crippen LogP contribution in [0.15, 0.2) is 176 Å². The Balaban J connectivity index is 0.000000225. The second kappa shape index (κ2) is 26.3. The SMILES string of the molecule is CC.CC.CC.CC.CC.CC.Cc1ccc2ccc3cccc4ccc1c2c34.Cc1cccc2c1ccc1c3ccccc3ccc21.Cc1cccc2c1ccc1ccccc12. The average molecular weight is 831 g/mol. The first-order valence-corrected chi connectivity index (χ1v) is 23.9. The largest absolute Gasteiger partial charge is 0.0683 e. The van der Waals surface area contributed by atoms with E-state index < -0.39 is 0 Å². The highest BCUT2D eigenvalue weighted by molar-refractivity contribution is 6.23. The Kier molecular flexibility index (Phi) is 21.3. The molecule has 0 radical (unpaired) electrons. The van der Waals surface area contributed by atoms with Gasteiger partial charge in [0.15, 0.2) is 0 Å². The van der Waals surface area contributed by atoms with Crippen molar-refractivity contribution in [2.24, 2.45) is 0 Å². The highest BCUT2D eigenvalue weighted by Crippen LogP contribution is 2.36. The predicted molar refractivity (Wildman–Crippen MR) is 293 cm³/mol. The van der Waals surface area contributed by atoms with Crippen LogP contribution in [0.3, 0.4) is 0 Å². The van der Waals surface area contributed by atoms with Crippen molar-refractivity contribution >= 4 is 86.2 Å². The molecular formula is C63H74. The summed E-state index contributed by atoms with van der Waals surface area (Å²) in [7, 11) is 0. The number of hydrogen-bond acceptors (Lipinski definition) is 0. The number of aryl methyl sites for hydroxylation is 3. The number of fused-ring (bicyclic) bond motifs is 8. The zero-order valence-corrected chi connectivity index (χ0v) is 41.2. The van der Waals surface area contributed by atoms with Crippen molar-refractivity contribution in [3.05, 3.63) is 193 Å². The van der Waals surface area contributed by atoms with E-state index in [0.29, 0.717) is 0 Å². The summed E-state index contributed by atoms with van der Waals surface area (Å²) in [5, 5.41) is 21.6. The molecule has 0 saturated carbocycles. The smallest absolute Gasteiger partial charge is 0.00241 e. The fraction of sp³-hybridized carbons (Fsp3) is 0.238. The maximum Gasteiger partial charge on any atom is -0.00241 e. The first-order valence-electron chi connectivity index (χ1n) is 23.9.